The van der Waals surface area contributed by atoms with Crippen molar-refractivity contribution in [3.8, 4) is 10.4 Å². The van der Waals surface area contributed by atoms with Gasteiger partial charge in [-0.2, -0.15) is 0 Å². The summed E-state index contributed by atoms with van der Waals surface area (Å²) in [5.41, 5.74) is 6.65. The second-order valence-corrected chi connectivity index (χ2v) is 7.48. The fourth-order valence-corrected chi connectivity index (χ4v) is 4.45. The number of thiophene rings is 1. The van der Waals surface area contributed by atoms with Gasteiger partial charge in [0.1, 0.15) is 16.5 Å². The van der Waals surface area contributed by atoms with E-state index in [4.69, 9.17) is 10.7 Å². The highest BCUT2D eigenvalue weighted by Crippen LogP contribution is 2.37. The van der Waals surface area contributed by atoms with E-state index in [1.165, 1.54) is 10.4 Å². The molecule has 1 saturated heterocycles. The summed E-state index contributed by atoms with van der Waals surface area (Å²) in [5.74, 6) is 1.55. The van der Waals surface area contributed by atoms with Crippen LogP contribution in [0.2, 0.25) is 0 Å². The Labute approximate surface area is 150 Å². The van der Waals surface area contributed by atoms with Gasteiger partial charge >= 0.3 is 0 Å². The number of carbonyl (C=O) groups is 1. The first-order valence-electron chi connectivity index (χ1n) is 8.49. The van der Waals surface area contributed by atoms with Crippen LogP contribution in [-0.2, 0) is 4.79 Å². The molecule has 3 aromatic rings. The SMILES string of the molecule is Cc1nc(N2CCC(C(N)=O)CC2)c2cc(-c3ccccc3)sc2n1. The van der Waals surface area contributed by atoms with Crippen molar-refractivity contribution in [2.75, 3.05) is 18.0 Å². The number of benzene rings is 1. The Morgan fingerprint density at radius 2 is 1.92 bits per heavy atom. The second-order valence-electron chi connectivity index (χ2n) is 6.45. The Bertz CT molecular complexity index is 914. The van der Waals surface area contributed by atoms with Crippen LogP contribution in [-0.4, -0.2) is 29.0 Å². The van der Waals surface area contributed by atoms with Crippen LogP contribution >= 0.6 is 11.3 Å². The highest BCUT2D eigenvalue weighted by Gasteiger charge is 2.25. The van der Waals surface area contributed by atoms with Crippen molar-refractivity contribution in [2.45, 2.75) is 19.8 Å². The van der Waals surface area contributed by atoms with Gasteiger partial charge in [-0.25, -0.2) is 9.97 Å². The number of aryl methyl sites for hydroxylation is 1. The third kappa shape index (κ3) is 3.09. The van der Waals surface area contributed by atoms with Crippen molar-refractivity contribution in [2.24, 2.45) is 11.7 Å². The summed E-state index contributed by atoms with van der Waals surface area (Å²) in [5, 5.41) is 1.09. The zero-order valence-corrected chi connectivity index (χ0v) is 14.9. The van der Waals surface area contributed by atoms with Crippen molar-refractivity contribution in [3.05, 3.63) is 42.2 Å². The largest absolute Gasteiger partial charge is 0.369 e. The monoisotopic (exact) mass is 352 g/mol. The van der Waals surface area contributed by atoms with Gasteiger partial charge in [-0.1, -0.05) is 30.3 Å². The lowest BCUT2D eigenvalue weighted by atomic mass is 9.96. The number of rotatable bonds is 3. The zero-order valence-electron chi connectivity index (χ0n) is 14.1. The van der Waals surface area contributed by atoms with Crippen molar-refractivity contribution in [1.29, 1.82) is 0 Å². The molecule has 128 valence electrons. The van der Waals surface area contributed by atoms with Crippen LogP contribution in [0.4, 0.5) is 5.82 Å². The first-order chi connectivity index (χ1) is 12.1. The molecule has 5 nitrogen and oxygen atoms in total. The number of primary amides is 1. The van der Waals surface area contributed by atoms with Gasteiger partial charge in [0.25, 0.3) is 0 Å². The molecule has 1 fully saturated rings. The quantitative estimate of drug-likeness (QED) is 0.784. The van der Waals surface area contributed by atoms with Crippen LogP contribution in [0.3, 0.4) is 0 Å². The first-order valence-corrected chi connectivity index (χ1v) is 9.31. The molecule has 1 amide bonds. The molecule has 0 atom stereocenters. The number of hydrogen-bond donors (Lipinski definition) is 1. The van der Waals surface area contributed by atoms with Gasteiger partial charge in [0.05, 0.1) is 5.39 Å². The van der Waals surface area contributed by atoms with Gasteiger partial charge in [-0.3, -0.25) is 4.79 Å². The predicted octanol–water partition coefficient (Wildman–Crippen LogP) is 3.37. The minimum Gasteiger partial charge on any atom is -0.369 e. The van der Waals surface area contributed by atoms with E-state index in [0.717, 1.165) is 47.8 Å². The highest BCUT2D eigenvalue weighted by atomic mass is 32.1. The lowest BCUT2D eigenvalue weighted by Gasteiger charge is -2.31. The van der Waals surface area contributed by atoms with E-state index in [1.54, 1.807) is 11.3 Å². The molecular formula is C19H20N4OS. The van der Waals surface area contributed by atoms with E-state index in [2.05, 4.69) is 28.1 Å². The first kappa shape index (κ1) is 16.0. The standard InChI is InChI=1S/C19H20N4OS/c1-12-21-18(23-9-7-14(8-10-23)17(20)24)15-11-16(25-19(15)22-12)13-5-3-2-4-6-13/h2-6,11,14H,7-10H2,1H3,(H2,20,24). The van der Waals surface area contributed by atoms with E-state index in [-0.39, 0.29) is 11.8 Å². The third-order valence-electron chi connectivity index (χ3n) is 4.74. The van der Waals surface area contributed by atoms with Gasteiger partial charge in [0.2, 0.25) is 5.91 Å². The fourth-order valence-electron chi connectivity index (χ4n) is 3.37. The molecule has 0 spiro atoms. The lowest BCUT2D eigenvalue weighted by Crippen LogP contribution is -2.39. The van der Waals surface area contributed by atoms with Gasteiger partial charge in [-0.05, 0) is 31.4 Å². The van der Waals surface area contributed by atoms with E-state index in [0.29, 0.717) is 0 Å². The Kier molecular flexibility index (Phi) is 4.13. The molecule has 1 aliphatic heterocycles. The molecule has 4 rings (SSSR count). The summed E-state index contributed by atoms with van der Waals surface area (Å²) in [6, 6.07) is 12.5. The number of piperidine rings is 1. The van der Waals surface area contributed by atoms with E-state index < -0.39 is 0 Å². The molecule has 0 unspecified atom stereocenters. The summed E-state index contributed by atoms with van der Waals surface area (Å²) in [6.45, 7) is 3.53. The second kappa shape index (κ2) is 6.44. The smallest absolute Gasteiger partial charge is 0.220 e. The van der Waals surface area contributed by atoms with Crippen LogP contribution in [0.1, 0.15) is 18.7 Å². The van der Waals surface area contributed by atoms with Crippen LogP contribution in [0.5, 0.6) is 0 Å². The van der Waals surface area contributed by atoms with E-state index in [1.807, 2.05) is 25.1 Å². The summed E-state index contributed by atoms with van der Waals surface area (Å²) in [6.07, 6.45) is 1.57. The molecule has 0 radical (unpaired) electrons. The molecule has 6 heteroatoms. The number of carbonyl (C=O) groups excluding carboxylic acids is 1. The van der Waals surface area contributed by atoms with Crippen LogP contribution < -0.4 is 10.6 Å². The molecule has 2 aromatic heterocycles. The number of aromatic nitrogens is 2. The average molecular weight is 352 g/mol. The minimum atomic E-state index is -0.189. The van der Waals surface area contributed by atoms with Gasteiger partial charge in [0, 0.05) is 23.9 Å². The van der Waals surface area contributed by atoms with E-state index in [9.17, 15) is 4.79 Å². The topological polar surface area (TPSA) is 72.1 Å². The van der Waals surface area contributed by atoms with Crippen LogP contribution in [0.15, 0.2) is 36.4 Å². The Balaban J connectivity index is 1.72. The number of hydrogen-bond acceptors (Lipinski definition) is 5. The molecule has 0 aliphatic carbocycles. The van der Waals surface area contributed by atoms with E-state index >= 15 is 0 Å². The molecule has 0 bridgehead atoms. The maximum absolute atomic E-state index is 11.4. The van der Waals surface area contributed by atoms with Gasteiger partial charge in [0.15, 0.2) is 0 Å². The zero-order chi connectivity index (χ0) is 17.4. The molecule has 1 aromatic carbocycles. The molecule has 3 heterocycles. The predicted molar refractivity (Wildman–Crippen MR) is 102 cm³/mol. The summed E-state index contributed by atoms with van der Waals surface area (Å²) in [7, 11) is 0. The maximum atomic E-state index is 11.4. The van der Waals surface area contributed by atoms with Crippen molar-refractivity contribution >= 4 is 33.3 Å². The number of nitrogens with zero attached hydrogens (tertiary/aromatic N) is 3. The molecular weight excluding hydrogens is 332 g/mol. The summed E-state index contributed by atoms with van der Waals surface area (Å²) >= 11 is 1.70. The molecule has 25 heavy (non-hydrogen) atoms. The summed E-state index contributed by atoms with van der Waals surface area (Å²) in [4.78, 5) is 25.2. The molecule has 2 N–H and O–H groups in total. The minimum absolute atomic E-state index is 0.0166. The third-order valence-corrected chi connectivity index (χ3v) is 5.82. The van der Waals surface area contributed by atoms with Gasteiger partial charge in [-0.15, -0.1) is 11.3 Å². The number of amides is 1. The average Bonchev–Trinajstić information content (AvgIpc) is 3.05. The Morgan fingerprint density at radius 1 is 1.20 bits per heavy atom. The van der Waals surface area contributed by atoms with Crippen molar-refractivity contribution < 1.29 is 4.79 Å². The van der Waals surface area contributed by atoms with Gasteiger partial charge < -0.3 is 10.6 Å². The van der Waals surface area contributed by atoms with Crippen LogP contribution in [0.25, 0.3) is 20.7 Å². The molecule has 0 saturated carbocycles. The lowest BCUT2D eigenvalue weighted by molar-refractivity contribution is -0.122. The number of fused-ring (bicyclic) bond motifs is 1. The van der Waals surface area contributed by atoms with Crippen molar-refractivity contribution in [1.82, 2.24) is 9.97 Å². The Morgan fingerprint density at radius 3 is 2.60 bits per heavy atom. The fraction of sp³-hybridized carbons (Fsp3) is 0.316. The van der Waals surface area contributed by atoms with Crippen LogP contribution in [0, 0.1) is 12.8 Å². The summed E-state index contributed by atoms with van der Waals surface area (Å²) < 4.78 is 0. The number of anilines is 1. The number of nitrogens with two attached hydrogens (primary N) is 1. The highest BCUT2D eigenvalue weighted by molar-refractivity contribution is 7.21. The maximum Gasteiger partial charge on any atom is 0.220 e. The normalized spacial score (nSPS) is 15.6. The molecule has 1 aliphatic rings. The van der Waals surface area contributed by atoms with Crippen molar-refractivity contribution in [3.63, 3.8) is 0 Å². The Hall–Kier alpha value is -2.47.